The molecule has 1 aliphatic rings. The van der Waals surface area contributed by atoms with Crippen LogP contribution < -0.4 is 11.0 Å². The topological polar surface area (TPSA) is 103 Å². The number of H-pyrrole nitrogens is 2. The van der Waals surface area contributed by atoms with Crippen molar-refractivity contribution in [2.75, 3.05) is 13.1 Å². The highest BCUT2D eigenvalue weighted by molar-refractivity contribution is 5.90. The first-order chi connectivity index (χ1) is 16.4. The first kappa shape index (κ1) is 22.0. The van der Waals surface area contributed by atoms with E-state index in [9.17, 15) is 14.4 Å². The van der Waals surface area contributed by atoms with Gasteiger partial charge in [-0.15, -0.1) is 0 Å². The third kappa shape index (κ3) is 3.89. The van der Waals surface area contributed by atoms with E-state index in [0.717, 1.165) is 27.5 Å². The van der Waals surface area contributed by atoms with Crippen LogP contribution in [0, 0.1) is 0 Å². The predicted octanol–water partition coefficient (Wildman–Crippen LogP) is 3.92. The monoisotopic (exact) mass is 459 g/mol. The summed E-state index contributed by atoms with van der Waals surface area (Å²) >= 11 is 0. The number of ketones is 1. The number of likely N-dealkylation sites (tertiary alicyclic amines) is 1. The van der Waals surface area contributed by atoms with E-state index in [1.165, 1.54) is 6.92 Å². The summed E-state index contributed by atoms with van der Waals surface area (Å²) in [5, 5.41) is 4.03. The molecule has 0 spiro atoms. The minimum absolute atomic E-state index is 0.0291. The molecule has 2 amide bonds. The summed E-state index contributed by atoms with van der Waals surface area (Å²) < 4.78 is 1.81. The summed E-state index contributed by atoms with van der Waals surface area (Å²) in [6.07, 6.45) is 3.28. The molecule has 1 fully saturated rings. The lowest BCUT2D eigenvalue weighted by molar-refractivity contribution is -0.119. The van der Waals surface area contributed by atoms with Crippen molar-refractivity contribution >= 4 is 33.8 Å². The van der Waals surface area contributed by atoms with E-state index in [1.807, 2.05) is 66.2 Å². The summed E-state index contributed by atoms with van der Waals surface area (Å²) in [5.74, 6) is -0.258. The number of urea groups is 1. The molecule has 4 aromatic rings. The first-order valence-corrected chi connectivity index (χ1v) is 11.7. The molecule has 34 heavy (non-hydrogen) atoms. The van der Waals surface area contributed by atoms with E-state index in [0.29, 0.717) is 25.9 Å². The van der Waals surface area contributed by atoms with Gasteiger partial charge in [0.1, 0.15) is 0 Å². The number of amides is 2. The second kappa shape index (κ2) is 8.85. The molecule has 8 nitrogen and oxygen atoms in total. The van der Waals surface area contributed by atoms with Gasteiger partial charge in [-0.1, -0.05) is 37.3 Å². The largest absolute Gasteiger partial charge is 0.361 e. The van der Waals surface area contributed by atoms with Crippen molar-refractivity contribution in [2.45, 2.75) is 44.7 Å². The Morgan fingerprint density at radius 1 is 1.03 bits per heavy atom. The van der Waals surface area contributed by atoms with E-state index < -0.39 is 6.04 Å². The molecule has 0 saturated carbocycles. The molecule has 0 bridgehead atoms. The number of nitrogens with zero attached hydrogens (tertiary/aromatic N) is 2. The maximum Gasteiger partial charge on any atom is 0.326 e. The van der Waals surface area contributed by atoms with Crippen LogP contribution >= 0.6 is 0 Å². The number of fused-ring (bicyclic) bond motifs is 2. The van der Waals surface area contributed by atoms with Crippen molar-refractivity contribution in [1.82, 2.24) is 24.8 Å². The number of benzene rings is 2. The summed E-state index contributed by atoms with van der Waals surface area (Å²) in [7, 11) is 0. The van der Waals surface area contributed by atoms with Crippen molar-refractivity contribution in [3.63, 3.8) is 0 Å². The first-order valence-electron chi connectivity index (χ1n) is 11.7. The number of Topliss-reactive ketones (excluding diaryl/α,β-unsaturated/α-hetero) is 1. The number of aromatic nitrogens is 3. The number of imidazole rings is 1. The molecule has 8 heteroatoms. The number of carbonyl (C=O) groups is 2. The van der Waals surface area contributed by atoms with Gasteiger partial charge in [0.05, 0.1) is 17.1 Å². The average molecular weight is 460 g/mol. The number of para-hydroxylation sites is 3. The Hall–Kier alpha value is -3.81. The third-order valence-electron chi connectivity index (χ3n) is 7.07. The van der Waals surface area contributed by atoms with Gasteiger partial charge in [-0.3, -0.25) is 9.36 Å². The Morgan fingerprint density at radius 2 is 1.71 bits per heavy atom. The molecule has 1 unspecified atom stereocenters. The number of carbonyl (C=O) groups excluding carboxylic acids is 2. The Labute approximate surface area is 197 Å². The van der Waals surface area contributed by atoms with Crippen LogP contribution in [-0.4, -0.2) is 50.4 Å². The quantitative estimate of drug-likeness (QED) is 0.421. The highest BCUT2D eigenvalue weighted by Gasteiger charge is 2.31. The molecule has 5 rings (SSSR count). The van der Waals surface area contributed by atoms with Crippen molar-refractivity contribution < 1.29 is 9.59 Å². The van der Waals surface area contributed by atoms with Crippen LogP contribution in [0.5, 0.6) is 0 Å². The summed E-state index contributed by atoms with van der Waals surface area (Å²) in [6.45, 7) is 4.53. The average Bonchev–Trinajstić information content (AvgIpc) is 3.42. The Bertz CT molecular complexity index is 1410. The van der Waals surface area contributed by atoms with Crippen LogP contribution in [0.3, 0.4) is 0 Å². The van der Waals surface area contributed by atoms with Crippen molar-refractivity contribution in [1.29, 1.82) is 0 Å². The standard InChI is InChI=1S/C26H29N5O3/c1-16(20-15-27-21-8-4-3-7-19(20)21)24(17(2)32)29-25(33)30-13-11-18(12-14-30)31-23-10-6-5-9-22(23)28-26(31)34/h3-10,15-16,18,24,27H,11-14H2,1-2H3,(H,28,34)(H,29,33)/t16-,24?/m0/s1. The molecule has 0 radical (unpaired) electrons. The van der Waals surface area contributed by atoms with Gasteiger partial charge in [-0.2, -0.15) is 0 Å². The molecule has 3 N–H and O–H groups in total. The van der Waals surface area contributed by atoms with Gasteiger partial charge in [-0.25, -0.2) is 9.59 Å². The lowest BCUT2D eigenvalue weighted by atomic mass is 9.90. The van der Waals surface area contributed by atoms with Crippen LogP contribution in [0.1, 0.15) is 44.2 Å². The molecular formula is C26H29N5O3. The predicted molar refractivity (Wildman–Crippen MR) is 132 cm³/mol. The summed E-state index contributed by atoms with van der Waals surface area (Å²) in [4.78, 5) is 46.1. The van der Waals surface area contributed by atoms with Gasteiger partial charge < -0.3 is 20.2 Å². The summed E-state index contributed by atoms with van der Waals surface area (Å²) in [5.41, 5.74) is 3.61. The zero-order valence-electron chi connectivity index (χ0n) is 19.4. The maximum absolute atomic E-state index is 13.1. The number of nitrogens with one attached hydrogen (secondary N) is 3. The number of piperidine rings is 1. The van der Waals surface area contributed by atoms with Gasteiger partial charge in [0.15, 0.2) is 5.78 Å². The Balaban J connectivity index is 1.28. The Morgan fingerprint density at radius 3 is 2.44 bits per heavy atom. The lowest BCUT2D eigenvalue weighted by Crippen LogP contribution is -2.51. The van der Waals surface area contributed by atoms with Crippen LogP contribution in [0.4, 0.5) is 4.79 Å². The molecule has 2 aromatic carbocycles. The molecule has 2 atom stereocenters. The van der Waals surface area contributed by atoms with Crippen molar-refractivity contribution in [3.8, 4) is 0 Å². The summed E-state index contributed by atoms with van der Waals surface area (Å²) in [6, 6.07) is 14.8. The molecule has 1 saturated heterocycles. The van der Waals surface area contributed by atoms with Crippen molar-refractivity contribution in [3.05, 3.63) is 70.8 Å². The second-order valence-corrected chi connectivity index (χ2v) is 9.15. The second-order valence-electron chi connectivity index (χ2n) is 9.15. The van der Waals surface area contributed by atoms with E-state index >= 15 is 0 Å². The molecule has 176 valence electrons. The van der Waals surface area contributed by atoms with Gasteiger partial charge in [0, 0.05) is 42.1 Å². The van der Waals surface area contributed by atoms with Gasteiger partial charge >= 0.3 is 11.7 Å². The zero-order valence-corrected chi connectivity index (χ0v) is 19.4. The maximum atomic E-state index is 13.1. The normalized spacial score (nSPS) is 16.6. The molecule has 3 heterocycles. The van der Waals surface area contributed by atoms with E-state index in [-0.39, 0.29) is 29.5 Å². The zero-order chi connectivity index (χ0) is 23.8. The number of rotatable bonds is 5. The minimum Gasteiger partial charge on any atom is -0.361 e. The van der Waals surface area contributed by atoms with Crippen molar-refractivity contribution in [2.24, 2.45) is 0 Å². The molecular weight excluding hydrogens is 430 g/mol. The van der Waals surface area contributed by atoms with Gasteiger partial charge in [-0.05, 0) is 43.5 Å². The molecule has 1 aliphatic heterocycles. The number of hydrogen-bond acceptors (Lipinski definition) is 3. The Kier molecular flexibility index (Phi) is 5.73. The van der Waals surface area contributed by atoms with Crippen LogP contribution in [-0.2, 0) is 4.79 Å². The third-order valence-corrected chi connectivity index (χ3v) is 7.07. The fourth-order valence-corrected chi connectivity index (χ4v) is 5.22. The highest BCUT2D eigenvalue weighted by atomic mass is 16.2. The van der Waals surface area contributed by atoms with Gasteiger partial charge in [0.2, 0.25) is 0 Å². The SMILES string of the molecule is CC(=O)C(NC(=O)N1CCC(n2c(=O)[nH]c3ccccc32)CC1)[C@@H](C)c1c[nH]c2ccccc12. The fraction of sp³-hybridized carbons (Fsp3) is 0.346. The minimum atomic E-state index is -0.624. The van der Waals surface area contributed by atoms with Gasteiger partial charge in [0.25, 0.3) is 0 Å². The van der Waals surface area contributed by atoms with Crippen LogP contribution in [0.25, 0.3) is 21.9 Å². The lowest BCUT2D eigenvalue weighted by Gasteiger charge is -2.34. The van der Waals surface area contributed by atoms with E-state index in [1.54, 1.807) is 4.90 Å². The molecule has 2 aromatic heterocycles. The fourth-order valence-electron chi connectivity index (χ4n) is 5.22. The highest BCUT2D eigenvalue weighted by Crippen LogP contribution is 2.29. The van der Waals surface area contributed by atoms with Crippen LogP contribution in [0.2, 0.25) is 0 Å². The number of aromatic amines is 2. The number of hydrogen-bond donors (Lipinski definition) is 3. The molecule has 0 aliphatic carbocycles. The van der Waals surface area contributed by atoms with E-state index in [2.05, 4.69) is 15.3 Å². The van der Waals surface area contributed by atoms with Crippen LogP contribution in [0.15, 0.2) is 59.5 Å². The van der Waals surface area contributed by atoms with E-state index in [4.69, 9.17) is 0 Å². The smallest absolute Gasteiger partial charge is 0.326 e.